The van der Waals surface area contributed by atoms with Gasteiger partial charge >= 0.3 is 5.69 Å². The third-order valence-electron chi connectivity index (χ3n) is 5.48. The van der Waals surface area contributed by atoms with Crippen LogP contribution in [0.25, 0.3) is 22.4 Å². The number of rotatable bonds is 8. The zero-order chi connectivity index (χ0) is 22.7. The van der Waals surface area contributed by atoms with Crippen LogP contribution in [0, 0.1) is 0 Å². The van der Waals surface area contributed by atoms with E-state index in [9.17, 15) is 4.79 Å². The van der Waals surface area contributed by atoms with Crippen molar-refractivity contribution in [2.24, 2.45) is 0 Å². The Morgan fingerprint density at radius 3 is 2.53 bits per heavy atom. The Kier molecular flexibility index (Phi) is 6.37. The lowest BCUT2D eigenvalue weighted by atomic mass is 9.87. The number of allylic oxidation sites excluding steroid dienone is 1. The van der Waals surface area contributed by atoms with E-state index in [-0.39, 0.29) is 11.1 Å². The molecule has 2 aromatic heterocycles. The summed E-state index contributed by atoms with van der Waals surface area (Å²) in [5, 5.41) is 9.77. The summed E-state index contributed by atoms with van der Waals surface area (Å²) < 4.78 is 3.90. The van der Waals surface area contributed by atoms with Crippen LogP contribution in [0.15, 0.2) is 71.1 Å². The van der Waals surface area contributed by atoms with Crippen LogP contribution in [0.4, 0.5) is 0 Å². The largest absolute Gasteiger partial charge is 0.326 e. The van der Waals surface area contributed by atoms with Crippen LogP contribution in [0.1, 0.15) is 32.8 Å². The second-order valence-corrected chi connectivity index (χ2v) is 9.90. The van der Waals surface area contributed by atoms with Gasteiger partial charge in [0.25, 0.3) is 0 Å². The van der Waals surface area contributed by atoms with Gasteiger partial charge in [0.1, 0.15) is 0 Å². The summed E-state index contributed by atoms with van der Waals surface area (Å²) in [4.78, 5) is 15.2. The van der Waals surface area contributed by atoms with Gasteiger partial charge in [0.05, 0.1) is 11.0 Å². The van der Waals surface area contributed by atoms with E-state index in [4.69, 9.17) is 0 Å². The second-order valence-electron chi connectivity index (χ2n) is 8.83. The molecule has 6 nitrogen and oxygen atoms in total. The number of aromatic nitrogens is 5. The third-order valence-corrected chi connectivity index (χ3v) is 6.53. The summed E-state index contributed by atoms with van der Waals surface area (Å²) in [6, 6.07) is 16.3. The molecule has 0 fully saturated rings. The van der Waals surface area contributed by atoms with Gasteiger partial charge in [0.2, 0.25) is 0 Å². The van der Waals surface area contributed by atoms with Crippen molar-refractivity contribution in [1.82, 2.24) is 24.3 Å². The molecule has 0 amide bonds. The average molecular weight is 448 g/mol. The smallest absolute Gasteiger partial charge is 0.306 e. The number of hydrogen-bond donors (Lipinski definition) is 1. The van der Waals surface area contributed by atoms with Crippen LogP contribution in [-0.2, 0) is 18.5 Å². The fourth-order valence-corrected chi connectivity index (χ4v) is 4.61. The van der Waals surface area contributed by atoms with Gasteiger partial charge in [0, 0.05) is 24.4 Å². The summed E-state index contributed by atoms with van der Waals surface area (Å²) >= 11 is 1.66. The molecule has 0 bridgehead atoms. The Bertz CT molecular complexity index is 1270. The lowest BCUT2D eigenvalue weighted by Gasteiger charge is -2.19. The molecule has 0 atom stereocenters. The number of fused-ring (bicyclic) bond motifs is 1. The van der Waals surface area contributed by atoms with E-state index in [1.165, 1.54) is 5.56 Å². The van der Waals surface area contributed by atoms with Gasteiger partial charge in [-0.2, -0.15) is 0 Å². The highest BCUT2D eigenvalue weighted by molar-refractivity contribution is 7.99. The summed E-state index contributed by atoms with van der Waals surface area (Å²) in [5.74, 6) is 1.69. The Balaban J connectivity index is 1.46. The molecule has 4 aromatic rings. The Hall–Kier alpha value is -3.06. The molecular formula is C25H29N5OS. The van der Waals surface area contributed by atoms with E-state index < -0.39 is 0 Å². The van der Waals surface area contributed by atoms with Gasteiger partial charge in [-0.3, -0.25) is 9.13 Å². The summed E-state index contributed by atoms with van der Waals surface area (Å²) in [6.45, 7) is 11.8. The van der Waals surface area contributed by atoms with Crippen LogP contribution in [0.2, 0.25) is 0 Å². The molecule has 4 rings (SSSR count). The SMILES string of the molecule is C=CCn1c(SCCCn2c(=O)[nH]c3ccccc32)nnc1-c1ccc(C(C)(C)C)cc1. The minimum absolute atomic E-state index is 0.0629. The van der Waals surface area contributed by atoms with E-state index in [1.54, 1.807) is 16.3 Å². The van der Waals surface area contributed by atoms with Crippen molar-refractivity contribution >= 4 is 22.8 Å². The van der Waals surface area contributed by atoms with Crippen LogP contribution >= 0.6 is 11.8 Å². The molecule has 0 aliphatic carbocycles. The first-order valence-electron chi connectivity index (χ1n) is 10.8. The standard InChI is InChI=1S/C25H29N5OS/c1-5-15-30-22(18-11-13-19(14-12-18)25(2,3)4)27-28-24(30)32-17-8-16-29-21-10-7-6-9-20(21)26-23(29)31/h5-7,9-14H,1,8,15-17H2,2-4H3,(H,26,31). The fraction of sp³-hybridized carbons (Fsp3) is 0.320. The predicted molar refractivity (Wildman–Crippen MR) is 132 cm³/mol. The number of benzene rings is 2. The number of nitrogens with zero attached hydrogens (tertiary/aromatic N) is 4. The Morgan fingerprint density at radius 1 is 1.06 bits per heavy atom. The van der Waals surface area contributed by atoms with Crippen molar-refractivity contribution in [2.45, 2.75) is 50.9 Å². The zero-order valence-corrected chi connectivity index (χ0v) is 19.7. The van der Waals surface area contributed by atoms with Gasteiger partial charge in [-0.05, 0) is 29.5 Å². The molecule has 0 aliphatic heterocycles. The number of thioether (sulfide) groups is 1. The Morgan fingerprint density at radius 2 is 1.81 bits per heavy atom. The lowest BCUT2D eigenvalue weighted by Crippen LogP contribution is -2.17. The molecule has 2 heterocycles. The molecule has 0 saturated carbocycles. The third kappa shape index (κ3) is 4.58. The van der Waals surface area contributed by atoms with Crippen LogP contribution in [0.5, 0.6) is 0 Å². The van der Waals surface area contributed by atoms with Crippen molar-refractivity contribution in [2.75, 3.05) is 5.75 Å². The molecule has 0 saturated heterocycles. The van der Waals surface area contributed by atoms with Crippen molar-refractivity contribution in [3.8, 4) is 11.4 Å². The maximum absolute atomic E-state index is 12.3. The predicted octanol–water partition coefficient (Wildman–Crippen LogP) is 5.25. The van der Waals surface area contributed by atoms with E-state index in [0.717, 1.165) is 39.8 Å². The van der Waals surface area contributed by atoms with Crippen molar-refractivity contribution in [1.29, 1.82) is 0 Å². The first-order valence-corrected chi connectivity index (χ1v) is 11.8. The van der Waals surface area contributed by atoms with E-state index in [0.29, 0.717) is 13.1 Å². The van der Waals surface area contributed by atoms with Gasteiger partial charge in [0.15, 0.2) is 11.0 Å². The molecule has 166 valence electrons. The molecule has 0 aliphatic rings. The molecule has 2 aromatic carbocycles. The summed E-state index contributed by atoms with van der Waals surface area (Å²) in [5.41, 5.74) is 4.20. The summed E-state index contributed by atoms with van der Waals surface area (Å²) in [6.07, 6.45) is 2.72. The number of aromatic amines is 1. The van der Waals surface area contributed by atoms with E-state index in [1.807, 2.05) is 30.3 Å². The van der Waals surface area contributed by atoms with Crippen molar-refractivity contribution < 1.29 is 0 Å². The maximum Gasteiger partial charge on any atom is 0.326 e. The molecular weight excluding hydrogens is 418 g/mol. The molecule has 0 radical (unpaired) electrons. The highest BCUT2D eigenvalue weighted by Crippen LogP contribution is 2.28. The first kappa shape index (κ1) is 22.1. The van der Waals surface area contributed by atoms with E-state index >= 15 is 0 Å². The normalized spacial score (nSPS) is 11.8. The highest BCUT2D eigenvalue weighted by Gasteiger charge is 2.16. The lowest BCUT2D eigenvalue weighted by molar-refractivity contribution is 0.590. The van der Waals surface area contributed by atoms with Crippen molar-refractivity contribution in [3.05, 3.63) is 77.2 Å². The molecule has 0 spiro atoms. The van der Waals surface area contributed by atoms with Crippen LogP contribution < -0.4 is 5.69 Å². The van der Waals surface area contributed by atoms with Gasteiger partial charge in [-0.15, -0.1) is 16.8 Å². The number of nitrogens with one attached hydrogen (secondary N) is 1. The fourth-order valence-electron chi connectivity index (χ4n) is 3.74. The van der Waals surface area contributed by atoms with Crippen LogP contribution in [-0.4, -0.2) is 30.1 Å². The number of para-hydroxylation sites is 2. The quantitative estimate of drug-likeness (QED) is 0.227. The highest BCUT2D eigenvalue weighted by atomic mass is 32.2. The van der Waals surface area contributed by atoms with Gasteiger partial charge < -0.3 is 4.98 Å². The Labute approximate surface area is 192 Å². The van der Waals surface area contributed by atoms with Crippen LogP contribution in [0.3, 0.4) is 0 Å². The van der Waals surface area contributed by atoms with Crippen molar-refractivity contribution in [3.63, 3.8) is 0 Å². The number of imidazole rings is 1. The molecule has 0 unspecified atom stereocenters. The minimum Gasteiger partial charge on any atom is -0.306 e. The molecule has 7 heteroatoms. The van der Waals surface area contributed by atoms with E-state index in [2.05, 4.69) is 71.4 Å². The number of hydrogen-bond acceptors (Lipinski definition) is 4. The molecule has 32 heavy (non-hydrogen) atoms. The zero-order valence-electron chi connectivity index (χ0n) is 18.8. The second kappa shape index (κ2) is 9.20. The molecule has 1 N–H and O–H groups in total. The number of aryl methyl sites for hydroxylation is 1. The monoisotopic (exact) mass is 447 g/mol. The van der Waals surface area contributed by atoms with Gasteiger partial charge in [-0.1, -0.05) is 75.0 Å². The first-order chi connectivity index (χ1) is 15.4. The topological polar surface area (TPSA) is 68.5 Å². The maximum atomic E-state index is 12.3. The summed E-state index contributed by atoms with van der Waals surface area (Å²) in [7, 11) is 0. The minimum atomic E-state index is -0.0629. The average Bonchev–Trinajstić information content (AvgIpc) is 3.31. The number of H-pyrrole nitrogens is 1. The van der Waals surface area contributed by atoms with Gasteiger partial charge in [-0.25, -0.2) is 4.79 Å².